The molecule has 6 aromatic carbocycles. The van der Waals surface area contributed by atoms with Gasteiger partial charge in [-0.1, -0.05) is 97.4 Å². The number of benzene rings is 6. The number of ether oxygens (including phenoxy) is 3. The lowest BCUT2D eigenvalue weighted by Gasteiger charge is -2.44. The predicted octanol–water partition coefficient (Wildman–Crippen LogP) is 13.0. The van der Waals surface area contributed by atoms with E-state index in [4.69, 9.17) is 14.2 Å². The first-order valence-corrected chi connectivity index (χ1v) is 33.3. The number of unbranched alkanes of at least 4 members (excludes halogenated alkanes) is 2. The summed E-state index contributed by atoms with van der Waals surface area (Å²) in [5.74, 6) is -1.85. The number of halogens is 7. The van der Waals surface area contributed by atoms with Crippen LogP contribution in [0.5, 0.6) is 0 Å². The van der Waals surface area contributed by atoms with E-state index in [-0.39, 0.29) is 55.6 Å². The summed E-state index contributed by atoms with van der Waals surface area (Å²) in [5.41, 5.74) is 1.09. The molecule has 10 rings (SSSR count). The van der Waals surface area contributed by atoms with Crippen LogP contribution in [-0.2, 0) is 53.6 Å². The zero-order chi connectivity index (χ0) is 68.9. The summed E-state index contributed by atoms with van der Waals surface area (Å²) in [6.45, 7) is 5.23. The summed E-state index contributed by atoms with van der Waals surface area (Å²) in [5, 5.41) is 6.35. The fraction of sp³-hybridized carbons (Fsp3) is 0.446. The summed E-state index contributed by atoms with van der Waals surface area (Å²) in [6.07, 6.45) is -4.15. The van der Waals surface area contributed by atoms with E-state index in [9.17, 15) is 54.7 Å². The molecule has 3 saturated heterocycles. The second-order valence-electron chi connectivity index (χ2n) is 26.0. The van der Waals surface area contributed by atoms with Crippen LogP contribution in [0.3, 0.4) is 0 Å². The van der Waals surface area contributed by atoms with Gasteiger partial charge < -0.3 is 48.9 Å². The van der Waals surface area contributed by atoms with Gasteiger partial charge in [0.2, 0.25) is 11.8 Å². The lowest BCUT2D eigenvalue weighted by Crippen LogP contribution is -2.50. The third-order valence-corrected chi connectivity index (χ3v) is 19.5. The molecule has 3 aliphatic heterocycles. The number of nitrogens with zero attached hydrogens (tertiary/aromatic N) is 6. The average molecular weight is 1350 g/mol. The molecule has 1 spiro atoms. The molecule has 0 aromatic heterocycles. The maximum absolute atomic E-state index is 14.2. The molecule has 4 aliphatic rings. The molecule has 2 atom stereocenters. The maximum atomic E-state index is 14.2. The van der Waals surface area contributed by atoms with Crippen molar-refractivity contribution < 1.29 is 68.9 Å². The molecule has 3 heterocycles. The Labute approximate surface area is 562 Å². The molecule has 0 unspecified atom stereocenters. The summed E-state index contributed by atoms with van der Waals surface area (Å²) >= 11 is 0. The molecule has 97 heavy (non-hydrogen) atoms. The van der Waals surface area contributed by atoms with Crippen molar-refractivity contribution in [3.63, 3.8) is 0 Å². The van der Waals surface area contributed by atoms with Crippen molar-refractivity contribution in [3.8, 4) is 11.1 Å². The van der Waals surface area contributed by atoms with Gasteiger partial charge in [-0.05, 0) is 148 Å². The average Bonchev–Trinajstić information content (AvgIpc) is 1.61. The van der Waals surface area contributed by atoms with Crippen molar-refractivity contribution in [1.29, 1.82) is 0 Å². The second kappa shape index (κ2) is 31.9. The number of amides is 5. The number of alkyl halides is 6. The number of carbonyl (C=O) groups excluding carboxylic acids is 5. The van der Waals surface area contributed by atoms with Crippen LogP contribution in [0.2, 0.25) is 0 Å². The summed E-state index contributed by atoms with van der Waals surface area (Å²) in [6, 6.07) is 39.3. The molecule has 23 heteroatoms. The van der Waals surface area contributed by atoms with Gasteiger partial charge in [-0.15, -0.1) is 0 Å². The number of carbonyl (C=O) groups is 5. The molecule has 0 saturated carbocycles. The summed E-state index contributed by atoms with van der Waals surface area (Å²) in [7, 11) is 5.30. The Hall–Kier alpha value is -8.38. The van der Waals surface area contributed by atoms with Crippen LogP contribution < -0.4 is 10.6 Å². The minimum Gasteiger partial charge on any atom is -0.446 e. The first-order valence-electron chi connectivity index (χ1n) is 33.3. The van der Waals surface area contributed by atoms with Crippen molar-refractivity contribution in [1.82, 2.24) is 29.4 Å². The summed E-state index contributed by atoms with van der Waals surface area (Å²) < 4.78 is 116. The molecule has 3 fully saturated rings. The second-order valence-corrected chi connectivity index (χ2v) is 26.0. The minimum absolute atomic E-state index is 0.0286. The highest BCUT2D eigenvalue weighted by Crippen LogP contribution is 2.48. The van der Waals surface area contributed by atoms with Gasteiger partial charge in [0.05, 0.1) is 29.5 Å². The van der Waals surface area contributed by atoms with Crippen molar-refractivity contribution >= 4 is 41.1 Å². The fourth-order valence-electron chi connectivity index (χ4n) is 13.7. The number of likely N-dealkylation sites (N-methyl/N-ethyl adjacent to an activating group) is 2. The molecule has 0 radical (unpaired) electrons. The molecular formula is C74H85F7N8O8. The molecule has 5 amide bonds. The number of fused-ring (bicyclic) bond motifs is 2. The van der Waals surface area contributed by atoms with Gasteiger partial charge in [-0.2, -0.15) is 26.3 Å². The largest absolute Gasteiger partial charge is 0.446 e. The van der Waals surface area contributed by atoms with Crippen molar-refractivity contribution in [2.45, 2.75) is 106 Å². The quantitative estimate of drug-likeness (QED) is 0.0394. The Morgan fingerprint density at radius 3 is 2.03 bits per heavy atom. The number of hydrogen-bond acceptors (Lipinski definition) is 11. The first kappa shape index (κ1) is 71.4. The number of hydrogen-bond donors (Lipinski definition) is 2. The number of nitrogens with one attached hydrogen (secondary N) is 2. The number of likely N-dealkylation sites (tertiary alicyclic amines) is 2. The van der Waals surface area contributed by atoms with E-state index in [0.29, 0.717) is 107 Å². The van der Waals surface area contributed by atoms with Crippen molar-refractivity contribution in [2.24, 2.45) is 0 Å². The van der Waals surface area contributed by atoms with Crippen LogP contribution in [0.1, 0.15) is 113 Å². The van der Waals surface area contributed by atoms with Crippen LogP contribution in [-0.4, -0.2) is 178 Å². The van der Waals surface area contributed by atoms with Gasteiger partial charge in [0.1, 0.15) is 30.9 Å². The van der Waals surface area contributed by atoms with Gasteiger partial charge in [0, 0.05) is 108 Å². The molecule has 0 bridgehead atoms. The number of para-hydroxylation sites is 1. The van der Waals surface area contributed by atoms with Gasteiger partial charge in [0.15, 0.2) is 0 Å². The van der Waals surface area contributed by atoms with E-state index < -0.39 is 64.6 Å². The molecule has 2 N–H and O–H groups in total. The van der Waals surface area contributed by atoms with Gasteiger partial charge in [-0.25, -0.2) is 9.18 Å². The molecule has 1 aliphatic carbocycles. The Bertz CT molecular complexity index is 3640. The van der Waals surface area contributed by atoms with E-state index in [1.54, 1.807) is 34.9 Å². The van der Waals surface area contributed by atoms with Crippen LogP contribution >= 0.6 is 0 Å². The molecule has 6 aromatic rings. The zero-order valence-electron chi connectivity index (χ0n) is 55.1. The number of rotatable bonds is 26. The van der Waals surface area contributed by atoms with Gasteiger partial charge in [0.25, 0.3) is 11.8 Å². The van der Waals surface area contributed by atoms with Crippen molar-refractivity contribution in [2.75, 3.05) is 117 Å². The minimum atomic E-state index is -5.15. The van der Waals surface area contributed by atoms with E-state index in [1.165, 1.54) is 24.3 Å². The summed E-state index contributed by atoms with van der Waals surface area (Å²) in [4.78, 5) is 77.6. The fourth-order valence-corrected chi connectivity index (χ4v) is 13.7. The zero-order valence-corrected chi connectivity index (χ0v) is 55.1. The van der Waals surface area contributed by atoms with Gasteiger partial charge >= 0.3 is 18.4 Å². The van der Waals surface area contributed by atoms with Crippen molar-refractivity contribution in [3.05, 3.63) is 190 Å². The van der Waals surface area contributed by atoms with Crippen LogP contribution in [0.25, 0.3) is 11.1 Å². The highest BCUT2D eigenvalue weighted by molar-refractivity contribution is 5.96. The lowest BCUT2D eigenvalue weighted by atomic mass is 9.72. The van der Waals surface area contributed by atoms with E-state index >= 15 is 0 Å². The third kappa shape index (κ3) is 18.2. The van der Waals surface area contributed by atoms with Crippen LogP contribution in [0.15, 0.2) is 146 Å². The predicted molar refractivity (Wildman–Crippen MR) is 355 cm³/mol. The SMILES string of the molecule is CN(CCN1CCC(OC(=O)Nc2ccccc2-c2ccccc2)CC1)C(=O)CCCCCNc1cccc(C(=O)N(C)CCCN(C)C(=O)CO[C@H]2Cc3ccccc3C23CCN(CC[C@@]2(c4ccc(F)cc4)CN(C(=O)c4cc(C(F)(F)F)cc(C(F)(F)F)c4)CO2)CC3)c1. The smallest absolute Gasteiger partial charge is 0.416 e. The normalized spacial score (nSPS) is 18.2. The van der Waals surface area contributed by atoms with Gasteiger partial charge in [-0.3, -0.25) is 24.5 Å². The van der Waals surface area contributed by atoms with E-state index in [2.05, 4.69) is 32.6 Å². The maximum Gasteiger partial charge on any atom is 0.416 e. The number of anilines is 2. The topological polar surface area (TPSA) is 157 Å². The monoisotopic (exact) mass is 1350 g/mol. The molecule has 518 valence electrons. The first-order chi connectivity index (χ1) is 46.5. The molecule has 16 nitrogen and oxygen atoms in total. The third-order valence-electron chi connectivity index (χ3n) is 19.5. The van der Waals surface area contributed by atoms with Crippen LogP contribution in [0, 0.1) is 5.82 Å². The van der Waals surface area contributed by atoms with E-state index in [1.807, 2.05) is 92.0 Å². The highest BCUT2D eigenvalue weighted by Gasteiger charge is 2.50. The van der Waals surface area contributed by atoms with Crippen LogP contribution in [0.4, 0.5) is 46.9 Å². The Kier molecular flexibility index (Phi) is 23.5. The number of piperidine rings is 2. The standard InChI is InChI=1S/C74H85F7N8O8/c1-84(35-15-36-86(3)68(92)54-19-14-20-60(46-54)82-34-13-5-8-24-66(90)85(2)42-43-87-37-29-61(30-38-87)97-70(94)83-64-23-12-10-21-62(64)52-16-6-4-7-17-52)67(91)49-95-65-47-53-18-9-11-22-63(53)71(65)31-39-88(40-32-71)41-33-72(56-25-27-59(75)28-26-56)50-89(51-96-72)69(93)55-44-57(73(76,77)78)48-58(45-55)74(79,80)81/h4,6-7,9-12,14,16-23,25-28,44-46,48,61,65,82H,5,8,13,15,24,29-43,47,49-51H2,1-3H3,(H,83,94)/t65-,72-/m0/s1. The Morgan fingerprint density at radius 2 is 1.31 bits per heavy atom. The highest BCUT2D eigenvalue weighted by atomic mass is 19.4. The Morgan fingerprint density at radius 1 is 0.649 bits per heavy atom. The molecular weight excluding hydrogens is 1260 g/mol. The Balaban J connectivity index is 0.613. The lowest BCUT2D eigenvalue weighted by molar-refractivity contribution is -0.143. The van der Waals surface area contributed by atoms with E-state index in [0.717, 1.165) is 84.6 Å².